The molecule has 4 aliphatic rings. The van der Waals surface area contributed by atoms with Gasteiger partial charge in [-0.3, -0.25) is 0 Å². The molecule has 4 aromatic heterocycles. The maximum atomic E-state index is 12.7. The van der Waals surface area contributed by atoms with Gasteiger partial charge in [0.15, 0.2) is 34.0 Å². The van der Waals surface area contributed by atoms with E-state index in [1.54, 1.807) is 36.4 Å². The lowest BCUT2D eigenvalue weighted by Gasteiger charge is -2.32. The van der Waals surface area contributed by atoms with E-state index in [1.165, 1.54) is 37.8 Å². The van der Waals surface area contributed by atoms with Crippen LogP contribution in [-0.2, 0) is 12.8 Å². The number of nitrogens with zero attached hydrogens (tertiary/aromatic N) is 10. The van der Waals surface area contributed by atoms with Gasteiger partial charge >= 0.3 is 12.7 Å². The Balaban J connectivity index is 0.000000170. The van der Waals surface area contributed by atoms with E-state index in [1.807, 2.05) is 12.7 Å². The molecule has 2 saturated carbocycles. The van der Waals surface area contributed by atoms with Crippen LogP contribution >= 0.6 is 23.2 Å². The quantitative estimate of drug-likeness (QED) is 0.0892. The molecule has 68 heavy (non-hydrogen) atoms. The Morgan fingerprint density at radius 1 is 0.529 bits per heavy atom. The SMILES string of the molecule is FC(F)(F)Oc1ccccc1CC1CCN(Nc2nc(Cl)nc3c2ncn3C2CCCC2)CC1.FC(F)(F)Oc1ccccc1CC1CCN(Nc2nc(Cl)nc3c2ncn3C2CCCC2)CC1. The summed E-state index contributed by atoms with van der Waals surface area (Å²) in [5.41, 5.74) is 10.7. The normalized spacial score (nSPS) is 18.6. The summed E-state index contributed by atoms with van der Waals surface area (Å²) in [5.74, 6) is 1.43. The largest absolute Gasteiger partial charge is 0.573 e. The lowest BCUT2D eigenvalue weighted by molar-refractivity contribution is -0.276. The van der Waals surface area contributed by atoms with Crippen molar-refractivity contribution in [2.45, 2.75) is 115 Å². The summed E-state index contributed by atoms with van der Waals surface area (Å²) in [7, 11) is 0. The third kappa shape index (κ3) is 12.0. The molecular weight excluding hydrogens is 937 g/mol. The molecule has 0 atom stereocenters. The molecule has 6 heterocycles. The second-order valence-corrected chi connectivity index (χ2v) is 18.7. The number of hydrogen-bond donors (Lipinski definition) is 2. The van der Waals surface area contributed by atoms with Gasteiger partial charge in [0.2, 0.25) is 10.6 Å². The van der Waals surface area contributed by atoms with Crippen molar-refractivity contribution in [1.82, 2.24) is 49.1 Å². The van der Waals surface area contributed by atoms with E-state index in [4.69, 9.17) is 23.2 Å². The van der Waals surface area contributed by atoms with Crippen LogP contribution in [-0.4, -0.2) is 88.0 Å². The third-order valence-corrected chi connectivity index (χ3v) is 13.7. The van der Waals surface area contributed by atoms with E-state index in [2.05, 4.69) is 69.4 Å². The molecule has 10 rings (SSSR count). The zero-order chi connectivity index (χ0) is 47.4. The number of aromatic nitrogens is 8. The minimum atomic E-state index is -4.70. The van der Waals surface area contributed by atoms with Crippen LogP contribution in [0.5, 0.6) is 11.5 Å². The first-order chi connectivity index (χ1) is 32.7. The Hall–Kier alpha value is -5.18. The van der Waals surface area contributed by atoms with E-state index < -0.39 is 12.7 Å². The van der Waals surface area contributed by atoms with E-state index in [9.17, 15) is 26.3 Å². The molecule has 14 nitrogen and oxygen atoms in total. The van der Waals surface area contributed by atoms with Gasteiger partial charge in [0.25, 0.3) is 0 Å². The van der Waals surface area contributed by atoms with Crippen molar-refractivity contribution in [1.29, 1.82) is 0 Å². The molecule has 2 aliphatic heterocycles. The summed E-state index contributed by atoms with van der Waals surface area (Å²) in [5, 5.41) is 4.46. The molecule has 2 N–H and O–H groups in total. The average Bonchev–Trinajstić information content (AvgIpc) is 4.14. The number of halogens is 8. The molecule has 4 fully saturated rings. The third-order valence-electron chi connectivity index (χ3n) is 13.4. The number of rotatable bonds is 12. The Kier molecular flexibility index (Phi) is 14.7. The topological polar surface area (TPSA) is 136 Å². The highest BCUT2D eigenvalue weighted by atomic mass is 35.5. The molecule has 6 aromatic rings. The van der Waals surface area contributed by atoms with Crippen LogP contribution in [0.25, 0.3) is 22.3 Å². The van der Waals surface area contributed by atoms with Crippen molar-refractivity contribution in [3.05, 3.63) is 82.9 Å². The Morgan fingerprint density at radius 3 is 1.26 bits per heavy atom. The van der Waals surface area contributed by atoms with Gasteiger partial charge in [0.1, 0.15) is 11.5 Å². The van der Waals surface area contributed by atoms with Crippen molar-refractivity contribution in [2.75, 3.05) is 37.0 Å². The minimum absolute atomic E-state index is 0.119. The molecular formula is C46H52Cl2F6N12O2. The number of alkyl halides is 6. The van der Waals surface area contributed by atoms with E-state index in [0.29, 0.717) is 58.7 Å². The standard InChI is InChI=1S/2C23H26ClF3N6O/c2*24-22-29-20(19-21(30-22)33(14-28-19)17-6-2-3-7-17)31-32-11-9-15(10-12-32)13-16-5-1-4-8-18(16)34-23(25,26)27/h2*1,4-5,8,14-15,17H,2-3,6-7,9-13H2,(H,29,30,31). The predicted molar refractivity (Wildman–Crippen MR) is 245 cm³/mol. The highest BCUT2D eigenvalue weighted by molar-refractivity contribution is 6.29. The number of ether oxygens (including phenoxy) is 2. The smallest absolute Gasteiger partial charge is 0.406 e. The number of piperidine rings is 2. The number of para-hydroxylation sites is 2. The van der Waals surface area contributed by atoms with Gasteiger partial charge in [-0.25, -0.2) is 20.0 Å². The van der Waals surface area contributed by atoms with Gasteiger partial charge < -0.3 is 29.5 Å². The van der Waals surface area contributed by atoms with Crippen LogP contribution in [0.3, 0.4) is 0 Å². The van der Waals surface area contributed by atoms with Crippen LogP contribution in [0.1, 0.15) is 100 Å². The number of benzene rings is 2. The predicted octanol–water partition coefficient (Wildman–Crippen LogP) is 11.5. The zero-order valence-corrected chi connectivity index (χ0v) is 38.6. The van der Waals surface area contributed by atoms with Crippen LogP contribution in [0.2, 0.25) is 10.6 Å². The lowest BCUT2D eigenvalue weighted by Crippen LogP contribution is -2.38. The molecule has 0 unspecified atom stereocenters. The first kappa shape index (κ1) is 47.9. The molecule has 0 radical (unpaired) electrons. The molecule has 0 amide bonds. The van der Waals surface area contributed by atoms with Crippen LogP contribution in [0, 0.1) is 11.8 Å². The van der Waals surface area contributed by atoms with Crippen molar-refractivity contribution in [2.24, 2.45) is 11.8 Å². The fourth-order valence-corrected chi connectivity index (χ4v) is 10.4. The van der Waals surface area contributed by atoms with Crippen molar-refractivity contribution < 1.29 is 35.8 Å². The Bertz CT molecular complexity index is 2460. The average molecular weight is 990 g/mol. The number of anilines is 2. The summed E-state index contributed by atoms with van der Waals surface area (Å²) in [6.45, 7) is 2.89. The van der Waals surface area contributed by atoms with E-state index in [-0.39, 0.29) is 33.9 Å². The van der Waals surface area contributed by atoms with Gasteiger partial charge in [-0.05, 0) is 123 Å². The van der Waals surface area contributed by atoms with Crippen LogP contribution in [0.15, 0.2) is 61.2 Å². The summed E-state index contributed by atoms with van der Waals surface area (Å²) in [6.07, 6.45) is 7.89. The fraction of sp³-hybridized carbons (Fsp3) is 0.522. The maximum Gasteiger partial charge on any atom is 0.573 e. The van der Waals surface area contributed by atoms with Gasteiger partial charge in [-0.1, -0.05) is 62.1 Å². The second-order valence-electron chi connectivity index (χ2n) is 18.0. The van der Waals surface area contributed by atoms with Crippen molar-refractivity contribution in [3.63, 3.8) is 0 Å². The number of hydrazine groups is 2. The second kappa shape index (κ2) is 20.8. The first-order valence-electron chi connectivity index (χ1n) is 23.2. The van der Waals surface area contributed by atoms with Gasteiger partial charge in [-0.15, -0.1) is 26.3 Å². The van der Waals surface area contributed by atoms with Gasteiger partial charge in [0, 0.05) is 38.3 Å². The van der Waals surface area contributed by atoms with Gasteiger partial charge in [0.05, 0.1) is 12.7 Å². The Labute approximate surface area is 398 Å². The molecule has 2 aromatic carbocycles. The highest BCUT2D eigenvalue weighted by Crippen LogP contribution is 2.37. The molecule has 0 bridgehead atoms. The van der Waals surface area contributed by atoms with Crippen LogP contribution < -0.4 is 20.3 Å². The minimum Gasteiger partial charge on any atom is -0.406 e. The lowest BCUT2D eigenvalue weighted by atomic mass is 9.90. The van der Waals surface area contributed by atoms with E-state index >= 15 is 0 Å². The number of imidazole rings is 2. The summed E-state index contributed by atoms with van der Waals surface area (Å²) in [4.78, 5) is 26.7. The fourth-order valence-electron chi connectivity index (χ4n) is 10.0. The zero-order valence-electron chi connectivity index (χ0n) is 37.1. The van der Waals surface area contributed by atoms with E-state index in [0.717, 1.165) is 88.8 Å². The highest BCUT2D eigenvalue weighted by Gasteiger charge is 2.34. The number of nitrogens with one attached hydrogen (secondary N) is 2. The summed E-state index contributed by atoms with van der Waals surface area (Å²) < 4.78 is 89.0. The molecule has 364 valence electrons. The first-order valence-corrected chi connectivity index (χ1v) is 24.0. The van der Waals surface area contributed by atoms with Crippen molar-refractivity contribution in [3.8, 4) is 11.5 Å². The number of fused-ring (bicyclic) bond motifs is 2. The maximum absolute atomic E-state index is 12.7. The van der Waals surface area contributed by atoms with Crippen molar-refractivity contribution >= 4 is 57.2 Å². The molecule has 2 saturated heterocycles. The molecule has 2 aliphatic carbocycles. The summed E-state index contributed by atoms with van der Waals surface area (Å²) >= 11 is 12.5. The number of hydrogen-bond acceptors (Lipinski definition) is 12. The summed E-state index contributed by atoms with van der Waals surface area (Å²) in [6, 6.07) is 13.5. The monoisotopic (exact) mass is 988 g/mol. The molecule has 22 heteroatoms. The van der Waals surface area contributed by atoms with Gasteiger partial charge in [-0.2, -0.15) is 19.9 Å². The van der Waals surface area contributed by atoms with Crippen LogP contribution in [0.4, 0.5) is 38.0 Å². The molecule has 0 spiro atoms. The Morgan fingerprint density at radius 2 is 0.897 bits per heavy atom.